The highest BCUT2D eigenvalue weighted by molar-refractivity contribution is 9.10. The molecule has 208 valence electrons. The molecule has 0 saturated carbocycles. The van der Waals surface area contributed by atoms with Gasteiger partial charge in [-0.1, -0.05) is 59.1 Å². The van der Waals surface area contributed by atoms with Gasteiger partial charge in [0.05, 0.1) is 28.7 Å². The van der Waals surface area contributed by atoms with E-state index in [0.717, 1.165) is 16.5 Å². The minimum Gasteiger partial charge on any atom is -0.490 e. The van der Waals surface area contributed by atoms with Crippen molar-refractivity contribution in [1.29, 1.82) is 0 Å². The Labute approximate surface area is 246 Å². The van der Waals surface area contributed by atoms with Crippen LogP contribution < -0.4 is 20.3 Å². The van der Waals surface area contributed by atoms with E-state index in [2.05, 4.69) is 26.3 Å². The molecule has 3 aromatic carbocycles. The molecule has 0 aliphatic heterocycles. The van der Waals surface area contributed by atoms with Crippen molar-refractivity contribution < 1.29 is 14.3 Å². The lowest BCUT2D eigenvalue weighted by molar-refractivity contribution is -0.118. The van der Waals surface area contributed by atoms with Gasteiger partial charge in [-0.3, -0.25) is 9.59 Å². The van der Waals surface area contributed by atoms with Gasteiger partial charge in [0.15, 0.2) is 18.1 Å². The highest BCUT2D eigenvalue weighted by atomic mass is 79.9. The maximum Gasteiger partial charge on any atom is 0.282 e. The van der Waals surface area contributed by atoms with Gasteiger partial charge >= 0.3 is 0 Å². The average molecular weight is 626 g/mol. The van der Waals surface area contributed by atoms with Crippen LogP contribution in [0, 0.1) is 6.92 Å². The zero-order valence-electron chi connectivity index (χ0n) is 22.7. The Balaban J connectivity index is 1.62. The van der Waals surface area contributed by atoms with Crippen molar-refractivity contribution in [2.75, 3.05) is 18.5 Å². The van der Waals surface area contributed by atoms with Crippen molar-refractivity contribution in [3.05, 3.63) is 91.4 Å². The number of nitrogens with one attached hydrogen (secondary N) is 1. The van der Waals surface area contributed by atoms with Crippen LogP contribution in [0.15, 0.2) is 69.0 Å². The molecule has 0 aliphatic rings. The Morgan fingerprint density at radius 3 is 2.60 bits per heavy atom. The minimum atomic E-state index is -0.333. The topological polar surface area (TPSA) is 94.8 Å². The molecule has 0 fully saturated rings. The van der Waals surface area contributed by atoms with E-state index in [-0.39, 0.29) is 34.8 Å². The average Bonchev–Trinajstić information content (AvgIpc) is 2.93. The summed E-state index contributed by atoms with van der Waals surface area (Å²) in [6, 6.07) is 16.2. The summed E-state index contributed by atoms with van der Waals surface area (Å²) in [4.78, 5) is 30.6. The van der Waals surface area contributed by atoms with Crippen molar-refractivity contribution in [3.63, 3.8) is 0 Å². The monoisotopic (exact) mass is 624 g/mol. The molecule has 0 bridgehead atoms. The second kappa shape index (κ2) is 13.1. The third-order valence-corrected chi connectivity index (χ3v) is 7.00. The zero-order chi connectivity index (χ0) is 28.8. The lowest BCUT2D eigenvalue weighted by Crippen LogP contribution is -2.23. The molecular weight excluding hydrogens is 596 g/mol. The number of aromatic nitrogens is 2. The first-order valence-corrected chi connectivity index (χ1v) is 14.1. The van der Waals surface area contributed by atoms with Gasteiger partial charge in [-0.05, 0) is 68.3 Å². The number of halogens is 2. The Morgan fingerprint density at radius 1 is 1.15 bits per heavy atom. The summed E-state index contributed by atoms with van der Waals surface area (Å²) in [5, 5.41) is 8.00. The molecule has 0 unspecified atom stereocenters. The van der Waals surface area contributed by atoms with Crippen LogP contribution in [0.1, 0.15) is 50.1 Å². The lowest BCUT2D eigenvalue weighted by Gasteiger charge is -2.15. The van der Waals surface area contributed by atoms with Crippen LogP contribution in [0.4, 0.5) is 5.69 Å². The molecule has 4 rings (SSSR count). The largest absolute Gasteiger partial charge is 0.490 e. The van der Waals surface area contributed by atoms with E-state index in [1.165, 1.54) is 10.9 Å². The number of carbonyl (C=O) groups is 1. The van der Waals surface area contributed by atoms with E-state index in [4.69, 9.17) is 26.1 Å². The molecule has 1 N–H and O–H groups in total. The van der Waals surface area contributed by atoms with Gasteiger partial charge in [0.2, 0.25) is 0 Å². The number of fused-ring (bicyclic) bond motifs is 1. The molecule has 1 aromatic heterocycles. The number of benzene rings is 3. The summed E-state index contributed by atoms with van der Waals surface area (Å²) in [7, 11) is 0. The Morgan fingerprint density at radius 2 is 1.90 bits per heavy atom. The molecule has 10 heteroatoms. The summed E-state index contributed by atoms with van der Waals surface area (Å²) in [6.07, 6.45) is 2.31. The normalized spacial score (nSPS) is 12.1. The standard InChI is InChI=1S/C30H30BrClN4O4/c1-5-19(4)29-35-25-12-9-21(31)15-23(25)30(38)36(29)33-16-20-13-24(32)28(26(14-20)39-6-2)40-17-27(37)34-22-10-7-18(3)8-11-22/h7-16,19H,5-6,17H2,1-4H3,(H,34,37)/t19-/m1/s1. The molecule has 0 radical (unpaired) electrons. The SMILES string of the molecule is CCOc1cc(C=Nn2c([C@H](C)CC)nc3ccc(Br)cc3c2=O)cc(Cl)c1OCC(=O)Nc1ccc(C)cc1. The summed E-state index contributed by atoms with van der Waals surface area (Å²) in [5.74, 6) is 0.834. The number of anilines is 1. The summed E-state index contributed by atoms with van der Waals surface area (Å²) >= 11 is 9.99. The van der Waals surface area contributed by atoms with Gasteiger partial charge in [0.1, 0.15) is 5.82 Å². The quantitative estimate of drug-likeness (QED) is 0.193. The number of rotatable bonds is 10. The first-order valence-electron chi connectivity index (χ1n) is 12.9. The number of hydrogen-bond acceptors (Lipinski definition) is 6. The first kappa shape index (κ1) is 29.3. The molecule has 1 atom stereocenters. The fourth-order valence-corrected chi connectivity index (χ4v) is 4.58. The summed E-state index contributed by atoms with van der Waals surface area (Å²) in [5.41, 5.74) is 2.70. The van der Waals surface area contributed by atoms with Crippen LogP contribution in [-0.2, 0) is 4.79 Å². The highest BCUT2D eigenvalue weighted by Gasteiger charge is 2.17. The van der Waals surface area contributed by atoms with Crippen molar-refractivity contribution in [2.24, 2.45) is 5.10 Å². The van der Waals surface area contributed by atoms with Gasteiger partial charge in [0, 0.05) is 16.1 Å². The molecule has 8 nitrogen and oxygen atoms in total. The van der Waals surface area contributed by atoms with Crippen molar-refractivity contribution in [2.45, 2.75) is 40.0 Å². The number of carbonyl (C=O) groups excluding carboxylic acids is 1. The fourth-order valence-electron chi connectivity index (χ4n) is 3.94. The van der Waals surface area contributed by atoms with Crippen molar-refractivity contribution in [1.82, 2.24) is 9.66 Å². The second-order valence-electron chi connectivity index (χ2n) is 9.27. The molecule has 4 aromatic rings. The Hall–Kier alpha value is -3.69. The molecule has 0 aliphatic carbocycles. The number of aryl methyl sites for hydroxylation is 1. The van der Waals surface area contributed by atoms with Crippen LogP contribution in [0.5, 0.6) is 11.5 Å². The van der Waals surface area contributed by atoms with Crippen LogP contribution in [-0.4, -0.2) is 35.0 Å². The molecule has 0 saturated heterocycles. The van der Waals surface area contributed by atoms with E-state index < -0.39 is 0 Å². The van der Waals surface area contributed by atoms with Gasteiger partial charge in [-0.25, -0.2) is 4.98 Å². The van der Waals surface area contributed by atoms with E-state index >= 15 is 0 Å². The van der Waals surface area contributed by atoms with E-state index in [1.807, 2.05) is 64.1 Å². The molecule has 1 heterocycles. The Kier molecular flexibility index (Phi) is 9.60. The van der Waals surface area contributed by atoms with Gasteiger partial charge < -0.3 is 14.8 Å². The maximum atomic E-state index is 13.4. The van der Waals surface area contributed by atoms with Crippen molar-refractivity contribution >= 4 is 56.2 Å². The van der Waals surface area contributed by atoms with E-state index in [1.54, 1.807) is 18.2 Å². The predicted molar refractivity (Wildman–Crippen MR) is 163 cm³/mol. The maximum absolute atomic E-state index is 13.4. The van der Waals surface area contributed by atoms with E-state index in [9.17, 15) is 9.59 Å². The molecule has 0 spiro atoms. The highest BCUT2D eigenvalue weighted by Crippen LogP contribution is 2.36. The van der Waals surface area contributed by atoms with Gasteiger partial charge in [-0.2, -0.15) is 9.78 Å². The first-order chi connectivity index (χ1) is 19.2. The number of amides is 1. The van der Waals surface area contributed by atoms with E-state index in [0.29, 0.717) is 40.3 Å². The minimum absolute atomic E-state index is 0.00213. The zero-order valence-corrected chi connectivity index (χ0v) is 25.0. The number of nitrogens with zero attached hydrogens (tertiary/aromatic N) is 3. The summed E-state index contributed by atoms with van der Waals surface area (Å²) in [6.45, 7) is 7.94. The third kappa shape index (κ3) is 6.89. The van der Waals surface area contributed by atoms with Crippen LogP contribution in [0.25, 0.3) is 10.9 Å². The van der Waals surface area contributed by atoms with Crippen molar-refractivity contribution in [3.8, 4) is 11.5 Å². The van der Waals surface area contributed by atoms with Gasteiger partial charge in [-0.15, -0.1) is 0 Å². The summed E-state index contributed by atoms with van der Waals surface area (Å²) < 4.78 is 13.6. The molecular formula is C30H30BrClN4O4. The Bertz CT molecular complexity index is 1620. The van der Waals surface area contributed by atoms with Crippen LogP contribution in [0.2, 0.25) is 5.02 Å². The third-order valence-electron chi connectivity index (χ3n) is 6.22. The molecule has 1 amide bonds. The number of hydrogen-bond donors (Lipinski definition) is 1. The fraction of sp³-hybridized carbons (Fsp3) is 0.267. The smallest absolute Gasteiger partial charge is 0.282 e. The second-order valence-corrected chi connectivity index (χ2v) is 10.6. The lowest BCUT2D eigenvalue weighted by atomic mass is 10.1. The molecule has 40 heavy (non-hydrogen) atoms. The van der Waals surface area contributed by atoms with Crippen LogP contribution >= 0.6 is 27.5 Å². The van der Waals surface area contributed by atoms with Crippen LogP contribution in [0.3, 0.4) is 0 Å². The number of ether oxygens (including phenoxy) is 2. The predicted octanol–water partition coefficient (Wildman–Crippen LogP) is 6.93. The van der Waals surface area contributed by atoms with Gasteiger partial charge in [0.25, 0.3) is 11.5 Å².